The lowest BCUT2D eigenvalue weighted by Crippen LogP contribution is -2.29. The smallest absolute Gasteiger partial charge is 0.300 e. The van der Waals surface area contributed by atoms with Gasteiger partial charge in [0.05, 0.1) is 5.57 Å². The minimum absolute atomic E-state index is 0.0227. The van der Waals surface area contributed by atoms with Crippen molar-refractivity contribution in [1.82, 2.24) is 4.98 Å². The van der Waals surface area contributed by atoms with Crippen LogP contribution >= 0.6 is 15.9 Å². The van der Waals surface area contributed by atoms with E-state index in [2.05, 4.69) is 20.9 Å². The van der Waals surface area contributed by atoms with Gasteiger partial charge in [-0.1, -0.05) is 22.0 Å². The summed E-state index contributed by atoms with van der Waals surface area (Å²) in [6.07, 6.45) is 3.01. The van der Waals surface area contributed by atoms with E-state index in [1.807, 2.05) is 6.07 Å². The highest BCUT2D eigenvalue weighted by Crippen LogP contribution is 2.42. The molecule has 1 atom stereocenters. The van der Waals surface area contributed by atoms with Crippen LogP contribution in [-0.2, 0) is 9.59 Å². The predicted molar refractivity (Wildman–Crippen MR) is 107 cm³/mol. The maximum atomic E-state index is 12.9. The van der Waals surface area contributed by atoms with Gasteiger partial charge in [0.2, 0.25) is 0 Å². The number of anilines is 1. The Kier molecular flexibility index (Phi) is 4.60. The zero-order chi connectivity index (χ0) is 19.8. The summed E-state index contributed by atoms with van der Waals surface area (Å²) in [4.78, 5) is 31.1. The van der Waals surface area contributed by atoms with E-state index in [0.29, 0.717) is 22.8 Å². The molecule has 1 unspecified atom stereocenters. The first kappa shape index (κ1) is 18.2. The number of Topliss-reactive ketones (excluding diaryl/α,β-unsaturated/α-hetero) is 1. The van der Waals surface area contributed by atoms with E-state index in [9.17, 15) is 14.7 Å². The molecule has 7 heteroatoms. The number of hydrogen-bond acceptors (Lipinski definition) is 5. The zero-order valence-corrected chi connectivity index (χ0v) is 16.4. The number of aromatic nitrogens is 1. The molecular formula is C21H15BrN2O4. The number of aliphatic hydroxyl groups is 1. The van der Waals surface area contributed by atoms with Crippen LogP contribution in [0, 0.1) is 6.92 Å². The number of furan rings is 1. The fourth-order valence-electron chi connectivity index (χ4n) is 3.26. The number of pyridine rings is 1. The third kappa shape index (κ3) is 3.03. The van der Waals surface area contributed by atoms with Gasteiger partial charge in [0.1, 0.15) is 23.3 Å². The highest BCUT2D eigenvalue weighted by Gasteiger charge is 2.48. The number of benzene rings is 1. The Morgan fingerprint density at radius 2 is 1.89 bits per heavy atom. The normalized spacial score (nSPS) is 18.6. The molecule has 1 aliphatic rings. The van der Waals surface area contributed by atoms with Gasteiger partial charge in [-0.2, -0.15) is 0 Å². The summed E-state index contributed by atoms with van der Waals surface area (Å²) in [6, 6.07) is 12.8. The minimum atomic E-state index is -0.879. The van der Waals surface area contributed by atoms with Gasteiger partial charge in [-0.15, -0.1) is 0 Å². The van der Waals surface area contributed by atoms with Crippen LogP contribution < -0.4 is 4.90 Å². The Balaban J connectivity index is 1.95. The average Bonchev–Trinajstić information content (AvgIpc) is 3.23. The number of rotatable bonds is 3. The van der Waals surface area contributed by atoms with Crippen molar-refractivity contribution >= 4 is 39.1 Å². The third-order valence-corrected chi connectivity index (χ3v) is 5.01. The van der Waals surface area contributed by atoms with Gasteiger partial charge in [0.15, 0.2) is 0 Å². The van der Waals surface area contributed by atoms with Crippen molar-refractivity contribution in [1.29, 1.82) is 0 Å². The number of aliphatic hydroxyl groups excluding tert-OH is 1. The summed E-state index contributed by atoms with van der Waals surface area (Å²) in [6.45, 7) is 1.78. The number of halogens is 1. The molecule has 3 aromatic rings. The van der Waals surface area contributed by atoms with Crippen LogP contribution in [0.2, 0.25) is 0 Å². The Bertz CT molecular complexity index is 1100. The topological polar surface area (TPSA) is 83.6 Å². The number of hydrogen-bond donors (Lipinski definition) is 1. The van der Waals surface area contributed by atoms with Crippen LogP contribution in [-0.4, -0.2) is 21.8 Å². The molecule has 4 rings (SSSR count). The lowest BCUT2D eigenvalue weighted by molar-refractivity contribution is -0.132. The number of carbonyl (C=O) groups is 2. The van der Waals surface area contributed by atoms with Gasteiger partial charge in [0.25, 0.3) is 11.7 Å². The van der Waals surface area contributed by atoms with Gasteiger partial charge in [-0.3, -0.25) is 19.5 Å². The van der Waals surface area contributed by atoms with Crippen molar-refractivity contribution in [2.75, 3.05) is 4.90 Å². The molecule has 3 heterocycles. The summed E-state index contributed by atoms with van der Waals surface area (Å²) in [5, 5.41) is 10.9. The fourth-order valence-corrected chi connectivity index (χ4v) is 3.65. The van der Waals surface area contributed by atoms with E-state index < -0.39 is 17.7 Å². The minimum Gasteiger partial charge on any atom is -0.507 e. The molecule has 0 aliphatic carbocycles. The number of aryl methyl sites for hydroxylation is 1. The lowest BCUT2D eigenvalue weighted by atomic mass is 9.99. The number of carbonyl (C=O) groups excluding carboxylic acids is 2. The van der Waals surface area contributed by atoms with Crippen molar-refractivity contribution in [3.05, 3.63) is 88.1 Å². The van der Waals surface area contributed by atoms with Gasteiger partial charge in [-0.25, -0.2) is 0 Å². The molecule has 1 amide bonds. The van der Waals surface area contributed by atoms with Crippen molar-refractivity contribution in [3.63, 3.8) is 0 Å². The largest absolute Gasteiger partial charge is 0.507 e. The Morgan fingerprint density at radius 3 is 2.54 bits per heavy atom. The van der Waals surface area contributed by atoms with E-state index in [0.717, 1.165) is 4.47 Å². The van der Waals surface area contributed by atoms with Crippen molar-refractivity contribution < 1.29 is 19.1 Å². The number of nitrogens with zero attached hydrogens (tertiary/aromatic N) is 2. The molecule has 0 radical (unpaired) electrons. The summed E-state index contributed by atoms with van der Waals surface area (Å²) in [5.74, 6) is -0.732. The van der Waals surface area contributed by atoms with Crippen LogP contribution in [0.5, 0.6) is 0 Å². The Morgan fingerprint density at radius 1 is 1.14 bits per heavy atom. The monoisotopic (exact) mass is 438 g/mol. The zero-order valence-electron chi connectivity index (χ0n) is 14.8. The average molecular weight is 439 g/mol. The van der Waals surface area contributed by atoms with Gasteiger partial charge in [-0.05, 0) is 49.4 Å². The third-order valence-electron chi connectivity index (χ3n) is 4.52. The van der Waals surface area contributed by atoms with Crippen LogP contribution in [0.15, 0.2) is 75.4 Å². The molecule has 6 nitrogen and oxygen atoms in total. The molecule has 1 N–H and O–H groups in total. The van der Waals surface area contributed by atoms with Crippen molar-refractivity contribution in [3.8, 4) is 0 Å². The molecule has 1 saturated heterocycles. The van der Waals surface area contributed by atoms with Crippen LogP contribution in [0.25, 0.3) is 5.76 Å². The maximum absolute atomic E-state index is 12.9. The van der Waals surface area contributed by atoms with Crippen molar-refractivity contribution in [2.24, 2.45) is 0 Å². The first-order chi connectivity index (χ1) is 13.5. The molecule has 28 heavy (non-hydrogen) atoms. The second-order valence-corrected chi connectivity index (χ2v) is 7.25. The maximum Gasteiger partial charge on any atom is 0.300 e. The SMILES string of the molecule is Cc1ccc(C2/C(=C(/O)c3ccncc3)C(=O)C(=O)N2c2cccc(Br)c2)o1. The van der Waals surface area contributed by atoms with E-state index in [1.165, 1.54) is 17.3 Å². The van der Waals surface area contributed by atoms with Crippen LogP contribution in [0.3, 0.4) is 0 Å². The van der Waals surface area contributed by atoms with Crippen LogP contribution in [0.1, 0.15) is 23.1 Å². The van der Waals surface area contributed by atoms with Gasteiger partial charge in [0, 0.05) is 28.1 Å². The molecule has 0 spiro atoms. The Labute approximate surface area is 169 Å². The molecule has 0 saturated carbocycles. The van der Waals surface area contributed by atoms with E-state index in [-0.39, 0.29) is 11.3 Å². The second kappa shape index (κ2) is 7.09. The molecule has 1 aliphatic heterocycles. The van der Waals surface area contributed by atoms with E-state index in [1.54, 1.807) is 49.4 Å². The fraction of sp³-hybridized carbons (Fsp3) is 0.0952. The summed E-state index contributed by atoms with van der Waals surface area (Å²) >= 11 is 3.39. The first-order valence-electron chi connectivity index (χ1n) is 8.50. The summed E-state index contributed by atoms with van der Waals surface area (Å²) in [5.41, 5.74) is 0.894. The summed E-state index contributed by atoms with van der Waals surface area (Å²) < 4.78 is 6.51. The molecule has 2 aromatic heterocycles. The Hall–Kier alpha value is -3.19. The first-order valence-corrected chi connectivity index (χ1v) is 9.30. The van der Waals surface area contributed by atoms with E-state index in [4.69, 9.17) is 4.42 Å². The standard InChI is InChI=1S/C21H15BrN2O4/c1-12-5-6-16(28-12)18-17(19(25)13-7-9-23-10-8-13)20(26)21(27)24(18)15-4-2-3-14(22)11-15/h2-11,18,25H,1H3/b19-17-. The molecule has 1 aromatic carbocycles. The van der Waals surface area contributed by atoms with Gasteiger partial charge < -0.3 is 9.52 Å². The highest BCUT2D eigenvalue weighted by molar-refractivity contribution is 9.10. The van der Waals surface area contributed by atoms with E-state index >= 15 is 0 Å². The summed E-state index contributed by atoms with van der Waals surface area (Å²) in [7, 11) is 0. The highest BCUT2D eigenvalue weighted by atomic mass is 79.9. The quantitative estimate of drug-likeness (QED) is 0.372. The molecular weight excluding hydrogens is 424 g/mol. The lowest BCUT2D eigenvalue weighted by Gasteiger charge is -2.23. The van der Waals surface area contributed by atoms with Gasteiger partial charge >= 0.3 is 0 Å². The van der Waals surface area contributed by atoms with Crippen LogP contribution in [0.4, 0.5) is 5.69 Å². The molecule has 0 bridgehead atoms. The number of ketones is 1. The predicted octanol–water partition coefficient (Wildman–Crippen LogP) is 4.37. The molecule has 140 valence electrons. The second-order valence-electron chi connectivity index (χ2n) is 6.33. The van der Waals surface area contributed by atoms with Crippen molar-refractivity contribution in [2.45, 2.75) is 13.0 Å². The number of amides is 1. The molecule has 1 fully saturated rings.